The molecule has 2 N–H and O–H groups in total. The van der Waals surface area contributed by atoms with Crippen molar-refractivity contribution in [2.75, 3.05) is 0 Å². The number of rotatable bonds is 7. The van der Waals surface area contributed by atoms with Gasteiger partial charge in [0, 0.05) is 12.2 Å². The van der Waals surface area contributed by atoms with Crippen molar-refractivity contribution in [1.29, 1.82) is 0 Å². The van der Waals surface area contributed by atoms with Crippen LogP contribution in [0.3, 0.4) is 0 Å². The summed E-state index contributed by atoms with van der Waals surface area (Å²) in [5.74, 6) is -1.39. The number of carbonyl (C=O) groups excluding carboxylic acids is 1. The molecule has 1 amide bonds. The van der Waals surface area contributed by atoms with Crippen LogP contribution in [-0.4, -0.2) is 28.0 Å². The zero-order valence-corrected chi connectivity index (χ0v) is 12.4. The molecule has 0 aliphatic heterocycles. The highest BCUT2D eigenvalue weighted by Gasteiger charge is 2.13. The number of aromatic nitrogens is 1. The van der Waals surface area contributed by atoms with Gasteiger partial charge < -0.3 is 10.4 Å². The molecule has 20 heavy (non-hydrogen) atoms. The first-order valence-electron chi connectivity index (χ1n) is 6.55. The van der Waals surface area contributed by atoms with Crippen molar-refractivity contribution in [3.63, 3.8) is 0 Å². The fraction of sp³-hybridized carbons (Fsp3) is 0.500. The Bertz CT molecular complexity index is 462. The molecule has 0 saturated heterocycles. The van der Waals surface area contributed by atoms with Crippen molar-refractivity contribution < 1.29 is 14.7 Å². The number of halogens is 1. The summed E-state index contributed by atoms with van der Waals surface area (Å²) in [6.07, 6.45) is 3.52. The van der Waals surface area contributed by atoms with Crippen LogP contribution in [0, 0.1) is 5.92 Å². The topological polar surface area (TPSA) is 79.3 Å². The summed E-state index contributed by atoms with van der Waals surface area (Å²) < 4.78 is 0. The summed E-state index contributed by atoms with van der Waals surface area (Å²) in [6, 6.07) is 3.15. The molecule has 0 aromatic carbocycles. The highest BCUT2D eigenvalue weighted by atomic mass is 35.5. The predicted molar refractivity (Wildman–Crippen MR) is 76.8 cm³/mol. The second kappa shape index (κ2) is 7.85. The minimum Gasteiger partial charge on any atom is -0.481 e. The molecule has 0 radical (unpaired) electrons. The summed E-state index contributed by atoms with van der Waals surface area (Å²) in [7, 11) is 0. The average molecular weight is 299 g/mol. The van der Waals surface area contributed by atoms with Crippen LogP contribution in [0.25, 0.3) is 0 Å². The van der Waals surface area contributed by atoms with E-state index in [-0.39, 0.29) is 17.9 Å². The van der Waals surface area contributed by atoms with E-state index >= 15 is 0 Å². The number of amides is 1. The fourth-order valence-corrected chi connectivity index (χ4v) is 1.85. The smallest absolute Gasteiger partial charge is 0.306 e. The lowest BCUT2D eigenvalue weighted by molar-refractivity contribution is -0.141. The number of carboxylic acids is 1. The van der Waals surface area contributed by atoms with Crippen LogP contribution in [-0.2, 0) is 4.79 Å². The molecule has 0 bridgehead atoms. The minimum atomic E-state index is -0.785. The van der Waals surface area contributed by atoms with Crippen LogP contribution in [0.15, 0.2) is 18.3 Å². The van der Waals surface area contributed by atoms with Crippen LogP contribution >= 0.6 is 11.6 Å². The first-order valence-corrected chi connectivity index (χ1v) is 6.93. The third-order valence-electron chi connectivity index (χ3n) is 3.03. The molecular weight excluding hydrogens is 280 g/mol. The van der Waals surface area contributed by atoms with E-state index in [2.05, 4.69) is 10.3 Å². The minimum absolute atomic E-state index is 0.0269. The number of pyridine rings is 1. The monoisotopic (exact) mass is 298 g/mol. The van der Waals surface area contributed by atoms with Gasteiger partial charge in [0.2, 0.25) is 0 Å². The van der Waals surface area contributed by atoms with Crippen LogP contribution in [0.4, 0.5) is 0 Å². The van der Waals surface area contributed by atoms with Gasteiger partial charge in [0.15, 0.2) is 0 Å². The molecule has 0 aliphatic carbocycles. The predicted octanol–water partition coefficient (Wildman–Crippen LogP) is 2.74. The molecule has 5 nitrogen and oxygen atoms in total. The van der Waals surface area contributed by atoms with Crippen LogP contribution in [0.1, 0.15) is 43.6 Å². The van der Waals surface area contributed by atoms with Crippen LogP contribution in [0.5, 0.6) is 0 Å². The van der Waals surface area contributed by atoms with Gasteiger partial charge >= 0.3 is 5.97 Å². The van der Waals surface area contributed by atoms with Gasteiger partial charge in [-0.1, -0.05) is 24.9 Å². The van der Waals surface area contributed by atoms with Gasteiger partial charge in [-0.15, -0.1) is 0 Å². The van der Waals surface area contributed by atoms with E-state index in [0.717, 1.165) is 12.8 Å². The Labute approximate surface area is 123 Å². The third kappa shape index (κ3) is 5.57. The number of nitrogens with one attached hydrogen (secondary N) is 1. The third-order valence-corrected chi connectivity index (χ3v) is 3.26. The average Bonchev–Trinajstić information content (AvgIpc) is 2.39. The Morgan fingerprint density at radius 3 is 2.60 bits per heavy atom. The Morgan fingerprint density at radius 2 is 2.05 bits per heavy atom. The molecule has 1 aromatic heterocycles. The molecule has 0 saturated carbocycles. The van der Waals surface area contributed by atoms with Gasteiger partial charge in [-0.3, -0.25) is 9.59 Å². The van der Waals surface area contributed by atoms with E-state index in [1.54, 1.807) is 19.1 Å². The van der Waals surface area contributed by atoms with E-state index < -0.39 is 5.97 Å². The van der Waals surface area contributed by atoms with E-state index in [1.807, 2.05) is 6.92 Å². The van der Waals surface area contributed by atoms with Gasteiger partial charge in [0.1, 0.15) is 5.69 Å². The lowest BCUT2D eigenvalue weighted by atomic mass is 10.0. The van der Waals surface area contributed by atoms with Gasteiger partial charge in [0.25, 0.3) is 5.91 Å². The first-order chi connectivity index (χ1) is 9.40. The van der Waals surface area contributed by atoms with Gasteiger partial charge in [-0.2, -0.15) is 0 Å². The Balaban J connectivity index is 2.35. The number of hydrogen-bond acceptors (Lipinski definition) is 3. The molecule has 1 aromatic rings. The number of hydrogen-bond donors (Lipinski definition) is 2. The fourth-order valence-electron chi connectivity index (χ4n) is 1.73. The normalized spacial score (nSPS) is 13.6. The zero-order valence-electron chi connectivity index (χ0n) is 11.6. The summed E-state index contributed by atoms with van der Waals surface area (Å²) in [4.78, 5) is 26.5. The van der Waals surface area contributed by atoms with Crippen molar-refractivity contribution in [3.05, 3.63) is 29.0 Å². The lowest BCUT2D eigenvalue weighted by Gasteiger charge is -2.14. The summed E-state index contributed by atoms with van der Waals surface area (Å²) in [5, 5.41) is 12.1. The SMILES string of the molecule is CC(CCCC(C)C(=O)O)NC(=O)c1ccc(Cl)cn1. The highest BCUT2D eigenvalue weighted by Crippen LogP contribution is 2.10. The van der Waals surface area contributed by atoms with E-state index in [1.165, 1.54) is 6.20 Å². The number of nitrogens with zero attached hydrogens (tertiary/aromatic N) is 1. The molecule has 1 rings (SSSR count). The maximum atomic E-state index is 11.9. The number of carboxylic acid groups (broad SMARTS) is 1. The molecule has 6 heteroatoms. The summed E-state index contributed by atoms with van der Waals surface area (Å²) >= 11 is 5.70. The van der Waals surface area contributed by atoms with Gasteiger partial charge in [0.05, 0.1) is 10.9 Å². The van der Waals surface area contributed by atoms with E-state index in [4.69, 9.17) is 16.7 Å². The van der Waals surface area contributed by atoms with Crippen molar-refractivity contribution in [2.45, 2.75) is 39.2 Å². The Hall–Kier alpha value is -1.62. The second-order valence-corrected chi connectivity index (χ2v) is 5.34. The van der Waals surface area contributed by atoms with Crippen molar-refractivity contribution in [2.24, 2.45) is 5.92 Å². The Kier molecular flexibility index (Phi) is 6.45. The molecule has 0 spiro atoms. The molecule has 0 fully saturated rings. The maximum absolute atomic E-state index is 11.9. The molecule has 0 aliphatic rings. The van der Waals surface area contributed by atoms with Crippen LogP contribution < -0.4 is 5.32 Å². The van der Waals surface area contributed by atoms with Gasteiger partial charge in [-0.05, 0) is 31.9 Å². The standard InChI is InChI=1S/C14H19ClN2O3/c1-9(14(19)20)4-3-5-10(2)17-13(18)12-7-6-11(15)8-16-12/h6-10H,3-5H2,1-2H3,(H,17,18)(H,19,20). The summed E-state index contributed by atoms with van der Waals surface area (Å²) in [6.45, 7) is 3.57. The van der Waals surface area contributed by atoms with E-state index in [9.17, 15) is 9.59 Å². The first kappa shape index (κ1) is 16.4. The zero-order chi connectivity index (χ0) is 15.1. The quantitative estimate of drug-likeness (QED) is 0.811. The highest BCUT2D eigenvalue weighted by molar-refractivity contribution is 6.30. The number of carbonyl (C=O) groups is 2. The maximum Gasteiger partial charge on any atom is 0.306 e. The van der Waals surface area contributed by atoms with Crippen molar-refractivity contribution >= 4 is 23.5 Å². The van der Waals surface area contributed by atoms with Gasteiger partial charge in [-0.25, -0.2) is 4.98 Å². The second-order valence-electron chi connectivity index (χ2n) is 4.91. The summed E-state index contributed by atoms with van der Waals surface area (Å²) in [5.41, 5.74) is 0.320. The van der Waals surface area contributed by atoms with E-state index in [0.29, 0.717) is 17.1 Å². The van der Waals surface area contributed by atoms with Crippen molar-refractivity contribution in [3.8, 4) is 0 Å². The molecule has 2 unspecified atom stereocenters. The largest absolute Gasteiger partial charge is 0.481 e. The Morgan fingerprint density at radius 1 is 1.35 bits per heavy atom. The number of aliphatic carboxylic acids is 1. The van der Waals surface area contributed by atoms with Crippen molar-refractivity contribution in [1.82, 2.24) is 10.3 Å². The molecule has 2 atom stereocenters. The van der Waals surface area contributed by atoms with Crippen LogP contribution in [0.2, 0.25) is 5.02 Å². The lowest BCUT2D eigenvalue weighted by Crippen LogP contribution is -2.33. The molecule has 1 heterocycles. The molecular formula is C14H19ClN2O3. The molecule has 110 valence electrons.